The Morgan fingerprint density at radius 2 is 2.24 bits per heavy atom. The summed E-state index contributed by atoms with van der Waals surface area (Å²) in [6.45, 7) is 3.58. The van der Waals surface area contributed by atoms with Gasteiger partial charge in [-0.05, 0) is 12.1 Å². The van der Waals surface area contributed by atoms with Gasteiger partial charge in [-0.1, -0.05) is 40.7 Å². The number of nitrogens with one attached hydrogen (secondary N) is 1. The molecule has 5 heteroatoms. The summed E-state index contributed by atoms with van der Waals surface area (Å²) >= 11 is 3.09. The molecule has 90 valence electrons. The molecule has 17 heavy (non-hydrogen) atoms. The van der Waals surface area contributed by atoms with Gasteiger partial charge in [0.15, 0.2) is 5.78 Å². The van der Waals surface area contributed by atoms with Crippen LogP contribution in [0.25, 0.3) is 0 Å². The molecule has 0 aliphatic carbocycles. The summed E-state index contributed by atoms with van der Waals surface area (Å²) in [5.74, 6) is -0.0480. The summed E-state index contributed by atoms with van der Waals surface area (Å²) in [5, 5.41) is 2.77. The van der Waals surface area contributed by atoms with E-state index in [1.165, 1.54) is 6.08 Å². The van der Waals surface area contributed by atoms with E-state index in [2.05, 4.69) is 27.8 Å². The first-order chi connectivity index (χ1) is 8.17. The van der Waals surface area contributed by atoms with Crippen LogP contribution >= 0.6 is 15.9 Å². The predicted octanol–water partition coefficient (Wildman–Crippen LogP) is 3.00. The van der Waals surface area contributed by atoms with Gasteiger partial charge in [0.05, 0.1) is 5.33 Å². The van der Waals surface area contributed by atoms with Gasteiger partial charge in [-0.2, -0.15) is 0 Å². The maximum Gasteiger partial charge on any atom is 0.411 e. The van der Waals surface area contributed by atoms with Crippen LogP contribution in [-0.4, -0.2) is 23.8 Å². The summed E-state index contributed by atoms with van der Waals surface area (Å²) in [6.07, 6.45) is 0.901. The molecule has 0 aliphatic rings. The van der Waals surface area contributed by atoms with Gasteiger partial charge in [-0.25, -0.2) is 4.79 Å². The zero-order chi connectivity index (χ0) is 12.7. The number of ketones is 1. The standard InChI is InChI=1S/C12H12BrNO3/c1-2-6-17-12(16)14-10-5-3-4-9(7-10)11(15)8-13/h2-5,7H,1,6,8H2,(H,14,16). The van der Waals surface area contributed by atoms with Crippen molar-refractivity contribution in [2.45, 2.75) is 0 Å². The second-order valence-corrected chi connectivity index (χ2v) is 3.71. The average Bonchev–Trinajstić information content (AvgIpc) is 2.35. The predicted molar refractivity (Wildman–Crippen MR) is 69.7 cm³/mol. The van der Waals surface area contributed by atoms with Gasteiger partial charge < -0.3 is 4.74 Å². The Morgan fingerprint density at radius 1 is 1.47 bits per heavy atom. The van der Waals surface area contributed by atoms with E-state index in [4.69, 9.17) is 4.74 Å². The number of Topliss-reactive ketones (excluding diaryl/α,β-unsaturated/α-hetero) is 1. The second kappa shape index (κ2) is 6.85. The molecule has 0 aromatic heterocycles. The Morgan fingerprint density at radius 3 is 2.88 bits per heavy atom. The van der Waals surface area contributed by atoms with Crippen molar-refractivity contribution in [3.8, 4) is 0 Å². The molecule has 1 N–H and O–H groups in total. The molecule has 0 radical (unpaired) electrons. The summed E-state index contributed by atoms with van der Waals surface area (Å²) in [6, 6.07) is 6.65. The number of ether oxygens (including phenoxy) is 1. The molecule has 1 aromatic rings. The fourth-order valence-electron chi connectivity index (χ4n) is 1.14. The van der Waals surface area contributed by atoms with Crippen molar-refractivity contribution >= 4 is 33.5 Å². The van der Waals surface area contributed by atoms with E-state index in [1.54, 1.807) is 24.3 Å². The molecule has 0 fully saturated rings. The highest BCUT2D eigenvalue weighted by Crippen LogP contribution is 2.12. The van der Waals surface area contributed by atoms with Crippen LogP contribution in [0, 0.1) is 0 Å². The lowest BCUT2D eigenvalue weighted by Crippen LogP contribution is -2.14. The summed E-state index contributed by atoms with van der Waals surface area (Å²) in [7, 11) is 0. The Balaban J connectivity index is 2.68. The molecule has 0 heterocycles. The number of amides is 1. The van der Waals surface area contributed by atoms with Crippen LogP contribution < -0.4 is 5.32 Å². The minimum absolute atomic E-state index is 0.0480. The fraction of sp³-hybridized carbons (Fsp3) is 0.167. The van der Waals surface area contributed by atoms with E-state index in [0.29, 0.717) is 11.3 Å². The van der Waals surface area contributed by atoms with E-state index in [-0.39, 0.29) is 17.7 Å². The summed E-state index contributed by atoms with van der Waals surface area (Å²) < 4.78 is 4.76. The van der Waals surface area contributed by atoms with Gasteiger partial charge >= 0.3 is 6.09 Å². The Kier molecular flexibility index (Phi) is 5.42. The highest BCUT2D eigenvalue weighted by Gasteiger charge is 2.06. The number of benzene rings is 1. The van der Waals surface area contributed by atoms with Crippen molar-refractivity contribution in [3.05, 3.63) is 42.5 Å². The number of carbonyl (C=O) groups excluding carboxylic acids is 2. The van der Waals surface area contributed by atoms with Crippen molar-refractivity contribution in [3.63, 3.8) is 0 Å². The Hall–Kier alpha value is -1.62. The minimum atomic E-state index is -0.576. The zero-order valence-corrected chi connectivity index (χ0v) is 10.7. The molecule has 4 nitrogen and oxygen atoms in total. The molecule has 1 rings (SSSR count). The normalized spacial score (nSPS) is 9.47. The quantitative estimate of drug-likeness (QED) is 0.516. The van der Waals surface area contributed by atoms with E-state index in [0.717, 1.165) is 0 Å². The number of alkyl halides is 1. The molecule has 0 saturated carbocycles. The molecule has 0 atom stereocenters. The van der Waals surface area contributed by atoms with Gasteiger partial charge in [0.1, 0.15) is 6.61 Å². The van der Waals surface area contributed by atoms with Crippen LogP contribution in [-0.2, 0) is 4.74 Å². The van der Waals surface area contributed by atoms with E-state index >= 15 is 0 Å². The average molecular weight is 298 g/mol. The lowest BCUT2D eigenvalue weighted by atomic mass is 10.1. The third-order valence-corrected chi connectivity index (χ3v) is 2.39. The number of carbonyl (C=O) groups is 2. The van der Waals surface area contributed by atoms with Gasteiger partial charge in [0.25, 0.3) is 0 Å². The molecule has 0 spiro atoms. The number of rotatable bonds is 5. The first kappa shape index (κ1) is 13.4. The number of halogens is 1. The van der Waals surface area contributed by atoms with Gasteiger partial charge in [-0.3, -0.25) is 10.1 Å². The Labute approximate surface area is 108 Å². The number of hydrogen-bond acceptors (Lipinski definition) is 3. The van der Waals surface area contributed by atoms with Crippen LogP contribution in [0.4, 0.5) is 10.5 Å². The highest BCUT2D eigenvalue weighted by atomic mass is 79.9. The van der Waals surface area contributed by atoms with Gasteiger partial charge in [-0.15, -0.1) is 0 Å². The molecule has 0 aliphatic heterocycles. The van der Waals surface area contributed by atoms with E-state index in [9.17, 15) is 9.59 Å². The van der Waals surface area contributed by atoms with Crippen molar-refractivity contribution < 1.29 is 14.3 Å². The molecule has 1 amide bonds. The van der Waals surface area contributed by atoms with Crippen molar-refractivity contribution in [2.24, 2.45) is 0 Å². The van der Waals surface area contributed by atoms with Crippen LogP contribution in [0.1, 0.15) is 10.4 Å². The largest absolute Gasteiger partial charge is 0.445 e. The van der Waals surface area contributed by atoms with Gasteiger partial charge in [0, 0.05) is 11.3 Å². The molecule has 0 unspecified atom stereocenters. The molecular weight excluding hydrogens is 286 g/mol. The molecular formula is C12H12BrNO3. The Bertz CT molecular complexity index is 432. The smallest absolute Gasteiger partial charge is 0.411 e. The summed E-state index contributed by atoms with van der Waals surface area (Å²) in [5.41, 5.74) is 1.05. The lowest BCUT2D eigenvalue weighted by Gasteiger charge is -2.06. The maximum absolute atomic E-state index is 11.4. The lowest BCUT2D eigenvalue weighted by molar-refractivity contribution is 0.102. The van der Waals surface area contributed by atoms with E-state index in [1.807, 2.05) is 0 Å². The zero-order valence-electron chi connectivity index (χ0n) is 9.11. The van der Waals surface area contributed by atoms with Crippen molar-refractivity contribution in [1.82, 2.24) is 0 Å². The monoisotopic (exact) mass is 297 g/mol. The van der Waals surface area contributed by atoms with Crippen LogP contribution in [0.5, 0.6) is 0 Å². The van der Waals surface area contributed by atoms with Crippen LogP contribution in [0.3, 0.4) is 0 Å². The third kappa shape index (κ3) is 4.40. The van der Waals surface area contributed by atoms with E-state index < -0.39 is 6.09 Å². The second-order valence-electron chi connectivity index (χ2n) is 3.15. The fourth-order valence-corrected chi connectivity index (χ4v) is 1.46. The first-order valence-corrected chi connectivity index (χ1v) is 6.03. The molecule has 0 bridgehead atoms. The van der Waals surface area contributed by atoms with Gasteiger partial charge in [0.2, 0.25) is 0 Å². The number of hydrogen-bond donors (Lipinski definition) is 1. The minimum Gasteiger partial charge on any atom is -0.445 e. The van der Waals surface area contributed by atoms with Crippen molar-refractivity contribution in [2.75, 3.05) is 17.3 Å². The SMILES string of the molecule is C=CCOC(=O)Nc1cccc(C(=O)CBr)c1. The first-order valence-electron chi connectivity index (χ1n) is 4.91. The van der Waals surface area contributed by atoms with Crippen molar-refractivity contribution in [1.29, 1.82) is 0 Å². The number of anilines is 1. The molecule has 0 saturated heterocycles. The maximum atomic E-state index is 11.4. The highest BCUT2D eigenvalue weighted by molar-refractivity contribution is 9.09. The summed E-state index contributed by atoms with van der Waals surface area (Å²) in [4.78, 5) is 22.7. The molecule has 1 aromatic carbocycles. The van der Waals surface area contributed by atoms with Crippen LogP contribution in [0.2, 0.25) is 0 Å². The topological polar surface area (TPSA) is 55.4 Å². The van der Waals surface area contributed by atoms with Crippen LogP contribution in [0.15, 0.2) is 36.9 Å². The third-order valence-electron chi connectivity index (χ3n) is 1.88.